The molecule has 0 saturated carbocycles. The summed E-state index contributed by atoms with van der Waals surface area (Å²) in [7, 11) is -9.66. The lowest BCUT2D eigenvalue weighted by Gasteiger charge is -2.10. The molecule has 0 aliphatic carbocycles. The van der Waals surface area contributed by atoms with Crippen LogP contribution in [-0.4, -0.2) is 58.0 Å². The van der Waals surface area contributed by atoms with Crippen LogP contribution < -0.4 is 5.32 Å². The highest BCUT2D eigenvalue weighted by molar-refractivity contribution is 7.86. The molecule has 1 heterocycles. The lowest BCUT2D eigenvalue weighted by molar-refractivity contribution is -0.114. The second-order valence-corrected chi connectivity index (χ2v) is 11.9. The molecule has 0 saturated heterocycles. The van der Waals surface area contributed by atoms with Crippen molar-refractivity contribution in [2.24, 2.45) is 10.2 Å². The summed E-state index contributed by atoms with van der Waals surface area (Å²) in [5.74, 6) is -2.72. The number of nitrogens with one attached hydrogen (secondary N) is 2. The molecule has 0 unspecified atom stereocenters. The zero-order valence-corrected chi connectivity index (χ0v) is 23.3. The van der Waals surface area contributed by atoms with E-state index in [-0.39, 0.29) is 44.6 Å². The summed E-state index contributed by atoms with van der Waals surface area (Å²) in [6.07, 6.45) is 0. The van der Waals surface area contributed by atoms with Crippen molar-refractivity contribution in [3.05, 3.63) is 66.2 Å². The molecule has 5 aromatic rings. The number of hydrogen-bond donors (Lipinski definition) is 6. The molecular formula is C26H19N5O10S2. The lowest BCUT2D eigenvalue weighted by atomic mass is 10.1. The molecule has 5 rings (SSSR count). The number of aromatic nitrogens is 2. The molecule has 0 bridgehead atoms. The summed E-state index contributed by atoms with van der Waals surface area (Å²) in [5.41, 5.74) is -0.972. The summed E-state index contributed by atoms with van der Waals surface area (Å²) in [5, 5.41) is 30.9. The molecular weight excluding hydrogens is 606 g/mol. The summed E-state index contributed by atoms with van der Waals surface area (Å²) in [6.45, 7) is 1.22. The standard InChI is InChI=1S/C26H19N5O10S2/c1-12(32)27-14-7-9-17(16(11-14)26(34)35)30-31-23-20(43(39,40)41)10-13-6-8-18-22(21(13)24(23)33)29-25(28-18)15-4-2-3-5-19(15)42(36,37)38/h2-11,33H,1H3,(H,27,32)(H,28,29)(H,34,35)(H,36,37,38)(H,39,40,41). The number of azo groups is 1. The third kappa shape index (κ3) is 5.64. The molecule has 0 fully saturated rings. The van der Waals surface area contributed by atoms with Gasteiger partial charge in [-0.25, -0.2) is 9.78 Å². The van der Waals surface area contributed by atoms with E-state index in [9.17, 15) is 45.7 Å². The molecule has 0 aliphatic rings. The van der Waals surface area contributed by atoms with E-state index < -0.39 is 58.9 Å². The number of benzene rings is 4. The number of aromatic hydroxyl groups is 1. The maximum atomic E-state index is 12.3. The number of amides is 1. The fourth-order valence-electron chi connectivity index (χ4n) is 4.39. The summed E-state index contributed by atoms with van der Waals surface area (Å²) >= 11 is 0. The van der Waals surface area contributed by atoms with Crippen LogP contribution in [0.2, 0.25) is 0 Å². The van der Waals surface area contributed by atoms with Gasteiger partial charge in [-0.2, -0.15) is 16.8 Å². The number of fused-ring (bicyclic) bond motifs is 3. The van der Waals surface area contributed by atoms with E-state index in [1.165, 1.54) is 55.5 Å². The Labute approximate surface area is 242 Å². The van der Waals surface area contributed by atoms with Crippen molar-refractivity contribution in [1.82, 2.24) is 9.97 Å². The van der Waals surface area contributed by atoms with E-state index in [4.69, 9.17) is 0 Å². The first-order chi connectivity index (χ1) is 20.1. The van der Waals surface area contributed by atoms with Gasteiger partial charge in [-0.05, 0) is 47.9 Å². The zero-order chi connectivity index (χ0) is 31.3. The topological polar surface area (TPSA) is 249 Å². The molecule has 0 atom stereocenters. The van der Waals surface area contributed by atoms with Crippen molar-refractivity contribution < 1.29 is 45.7 Å². The lowest BCUT2D eigenvalue weighted by Crippen LogP contribution is -2.07. The summed E-state index contributed by atoms with van der Waals surface area (Å²) < 4.78 is 68.0. The fourth-order valence-corrected chi connectivity index (χ4v) is 5.74. The van der Waals surface area contributed by atoms with Gasteiger partial charge in [-0.1, -0.05) is 18.2 Å². The number of anilines is 1. The molecule has 43 heavy (non-hydrogen) atoms. The van der Waals surface area contributed by atoms with Crippen LogP contribution in [-0.2, 0) is 25.0 Å². The van der Waals surface area contributed by atoms with Crippen LogP contribution >= 0.6 is 0 Å². The van der Waals surface area contributed by atoms with Crippen molar-refractivity contribution in [3.8, 4) is 17.1 Å². The highest BCUT2D eigenvalue weighted by Gasteiger charge is 2.25. The Morgan fingerprint density at radius 1 is 0.907 bits per heavy atom. The van der Waals surface area contributed by atoms with Gasteiger partial charge in [0.2, 0.25) is 5.91 Å². The maximum absolute atomic E-state index is 12.3. The number of phenols is 1. The molecule has 0 radical (unpaired) electrons. The van der Waals surface area contributed by atoms with Gasteiger partial charge in [-0.15, -0.1) is 10.2 Å². The van der Waals surface area contributed by atoms with Gasteiger partial charge in [0.15, 0.2) is 5.75 Å². The number of carbonyl (C=O) groups excluding carboxylic acids is 1. The number of aromatic carboxylic acids is 1. The predicted molar refractivity (Wildman–Crippen MR) is 152 cm³/mol. The smallest absolute Gasteiger partial charge is 0.338 e. The second kappa shape index (κ2) is 10.6. The van der Waals surface area contributed by atoms with Crippen molar-refractivity contribution in [1.29, 1.82) is 0 Å². The van der Waals surface area contributed by atoms with E-state index >= 15 is 0 Å². The summed E-state index contributed by atoms with van der Waals surface area (Å²) in [4.78, 5) is 29.2. The van der Waals surface area contributed by atoms with Gasteiger partial charge in [0, 0.05) is 18.2 Å². The quantitative estimate of drug-likeness (QED) is 0.107. The minimum absolute atomic E-state index is 0.00668. The van der Waals surface area contributed by atoms with E-state index in [0.717, 1.165) is 12.1 Å². The number of hydrogen-bond acceptors (Lipinski definition) is 10. The van der Waals surface area contributed by atoms with Crippen molar-refractivity contribution in [2.45, 2.75) is 16.7 Å². The van der Waals surface area contributed by atoms with Crippen LogP contribution in [0.15, 0.2) is 80.7 Å². The average molecular weight is 626 g/mol. The van der Waals surface area contributed by atoms with E-state index in [2.05, 4.69) is 25.5 Å². The third-order valence-corrected chi connectivity index (χ3v) is 7.95. The minimum Gasteiger partial charge on any atom is -0.505 e. The Morgan fingerprint density at radius 3 is 2.26 bits per heavy atom. The Morgan fingerprint density at radius 2 is 1.60 bits per heavy atom. The molecule has 4 aromatic carbocycles. The van der Waals surface area contributed by atoms with Gasteiger partial charge in [0.05, 0.1) is 16.5 Å². The van der Waals surface area contributed by atoms with Crippen molar-refractivity contribution in [2.75, 3.05) is 5.32 Å². The van der Waals surface area contributed by atoms with Crippen LogP contribution in [0.25, 0.3) is 33.2 Å². The van der Waals surface area contributed by atoms with E-state index in [1.807, 2.05) is 0 Å². The average Bonchev–Trinajstić information content (AvgIpc) is 3.35. The maximum Gasteiger partial charge on any atom is 0.338 e. The zero-order valence-electron chi connectivity index (χ0n) is 21.7. The van der Waals surface area contributed by atoms with Crippen LogP contribution in [0, 0.1) is 0 Å². The number of carboxylic acids is 1. The van der Waals surface area contributed by atoms with Crippen molar-refractivity contribution >= 4 is 71.0 Å². The number of carboxylic acid groups (broad SMARTS) is 1. The second-order valence-electron chi connectivity index (χ2n) is 9.08. The molecule has 17 heteroatoms. The van der Waals surface area contributed by atoms with Crippen LogP contribution in [0.4, 0.5) is 17.1 Å². The van der Waals surface area contributed by atoms with Crippen LogP contribution in [0.1, 0.15) is 17.3 Å². The number of rotatable bonds is 7. The monoisotopic (exact) mass is 625 g/mol. The number of carbonyl (C=O) groups is 2. The number of phenolic OH excluding ortho intramolecular Hbond substituents is 1. The number of H-pyrrole nitrogens is 1. The molecule has 15 nitrogen and oxygen atoms in total. The van der Waals surface area contributed by atoms with Crippen LogP contribution in [0.3, 0.4) is 0 Å². The van der Waals surface area contributed by atoms with Crippen LogP contribution in [0.5, 0.6) is 5.75 Å². The molecule has 1 amide bonds. The first-order valence-corrected chi connectivity index (χ1v) is 14.8. The van der Waals surface area contributed by atoms with Crippen molar-refractivity contribution in [3.63, 3.8) is 0 Å². The fraction of sp³-hybridized carbons (Fsp3) is 0.0385. The molecule has 0 spiro atoms. The van der Waals surface area contributed by atoms with Gasteiger partial charge in [-0.3, -0.25) is 13.9 Å². The summed E-state index contributed by atoms with van der Waals surface area (Å²) in [6, 6.07) is 12.9. The Kier molecular flexibility index (Phi) is 7.18. The van der Waals surface area contributed by atoms with Gasteiger partial charge >= 0.3 is 5.97 Å². The first-order valence-electron chi connectivity index (χ1n) is 11.9. The van der Waals surface area contributed by atoms with Gasteiger partial charge in [0.1, 0.15) is 32.5 Å². The van der Waals surface area contributed by atoms with E-state index in [0.29, 0.717) is 0 Å². The molecule has 220 valence electrons. The van der Waals surface area contributed by atoms with E-state index in [1.54, 1.807) is 0 Å². The Balaban J connectivity index is 1.74. The SMILES string of the molecule is CC(=O)Nc1ccc(N=Nc2c(S(=O)(=O)O)cc3ccc4[nH]c(-c5ccccc5S(=O)(=O)O)nc4c3c2O)c(C(=O)O)c1. The van der Waals surface area contributed by atoms with Gasteiger partial charge in [0.25, 0.3) is 20.2 Å². The highest BCUT2D eigenvalue weighted by Crippen LogP contribution is 2.44. The highest BCUT2D eigenvalue weighted by atomic mass is 32.2. The van der Waals surface area contributed by atoms with Gasteiger partial charge < -0.3 is 20.5 Å². The third-order valence-electron chi connectivity index (χ3n) is 6.17. The normalized spacial score (nSPS) is 12.3. The Hall–Kier alpha value is -5.23. The molecule has 6 N–H and O–H groups in total. The number of imidazole rings is 1. The molecule has 0 aliphatic heterocycles. The predicted octanol–water partition coefficient (Wildman–Crippen LogP) is 4.65. The Bertz CT molecular complexity index is 2240. The molecule has 1 aromatic heterocycles. The minimum atomic E-state index is -5.01. The number of aromatic amines is 1. The number of nitrogens with zero attached hydrogens (tertiary/aromatic N) is 3. The first kappa shape index (κ1) is 29.3. The largest absolute Gasteiger partial charge is 0.505 e.